The van der Waals surface area contributed by atoms with Crippen molar-refractivity contribution in [2.45, 2.75) is 32.1 Å². The highest BCUT2D eigenvalue weighted by molar-refractivity contribution is 5.69. The second kappa shape index (κ2) is 7.64. The maximum atomic E-state index is 11.2. The summed E-state index contributed by atoms with van der Waals surface area (Å²) in [5.41, 5.74) is 10.5. The van der Waals surface area contributed by atoms with Crippen LogP contribution in [0, 0.1) is 0 Å². The highest BCUT2D eigenvalue weighted by Crippen LogP contribution is 2.24. The Morgan fingerprint density at radius 3 is 2.55 bits per heavy atom. The molecule has 2 N–H and O–H groups in total. The van der Waals surface area contributed by atoms with Gasteiger partial charge < -0.3 is 10.5 Å². The normalized spacial score (nSPS) is 11.9. The molecule has 2 aromatic rings. The van der Waals surface area contributed by atoms with Gasteiger partial charge in [-0.3, -0.25) is 4.79 Å². The van der Waals surface area contributed by atoms with Crippen molar-refractivity contribution in [1.29, 1.82) is 0 Å². The quantitative estimate of drug-likeness (QED) is 0.653. The number of carbonyl (C=O) groups excluding carboxylic acids is 1. The summed E-state index contributed by atoms with van der Waals surface area (Å²) >= 11 is 0. The average molecular weight is 297 g/mol. The molecular weight excluding hydrogens is 274 g/mol. The molecule has 0 saturated heterocycles. The van der Waals surface area contributed by atoms with E-state index in [1.807, 2.05) is 18.2 Å². The van der Waals surface area contributed by atoms with Crippen molar-refractivity contribution in [3.8, 4) is 0 Å². The number of hydrogen-bond donors (Lipinski definition) is 1. The molecule has 0 heterocycles. The van der Waals surface area contributed by atoms with Gasteiger partial charge in [-0.05, 0) is 41.5 Å². The minimum Gasteiger partial charge on any atom is -0.469 e. The zero-order valence-electron chi connectivity index (χ0n) is 13.2. The minimum atomic E-state index is -0.194. The summed E-state index contributed by atoms with van der Waals surface area (Å²) in [5.74, 6) is 0.227. The van der Waals surface area contributed by atoms with Crippen molar-refractivity contribution in [3.05, 3.63) is 65.2 Å². The van der Waals surface area contributed by atoms with Crippen LogP contribution >= 0.6 is 0 Å². The lowest BCUT2D eigenvalue weighted by atomic mass is 9.92. The predicted octanol–water partition coefficient (Wildman–Crippen LogP) is 3.72. The molecule has 116 valence electrons. The molecule has 2 rings (SSSR count). The number of rotatable bonds is 6. The summed E-state index contributed by atoms with van der Waals surface area (Å²) in [4.78, 5) is 11.2. The summed E-state index contributed by atoms with van der Waals surface area (Å²) in [6.45, 7) is 2.21. The first kappa shape index (κ1) is 16.1. The molecule has 0 aromatic heterocycles. The lowest BCUT2D eigenvalue weighted by Gasteiger charge is -2.14. The van der Waals surface area contributed by atoms with Crippen LogP contribution in [0.25, 0.3) is 0 Å². The minimum absolute atomic E-state index is 0.194. The molecule has 0 bridgehead atoms. The van der Waals surface area contributed by atoms with E-state index in [9.17, 15) is 4.79 Å². The average Bonchev–Trinajstić information content (AvgIpc) is 2.55. The van der Waals surface area contributed by atoms with Crippen LogP contribution in [0.4, 0.5) is 5.69 Å². The van der Waals surface area contributed by atoms with Gasteiger partial charge in [-0.1, -0.05) is 49.4 Å². The van der Waals surface area contributed by atoms with Crippen molar-refractivity contribution in [1.82, 2.24) is 0 Å². The Bertz CT molecular complexity index is 623. The Morgan fingerprint density at radius 2 is 1.91 bits per heavy atom. The van der Waals surface area contributed by atoms with Crippen molar-refractivity contribution in [3.63, 3.8) is 0 Å². The number of benzene rings is 2. The van der Waals surface area contributed by atoms with Crippen LogP contribution in [0.1, 0.15) is 36.0 Å². The third-order valence-corrected chi connectivity index (χ3v) is 3.95. The highest BCUT2D eigenvalue weighted by atomic mass is 16.5. The monoisotopic (exact) mass is 297 g/mol. The zero-order valence-corrected chi connectivity index (χ0v) is 13.2. The van der Waals surface area contributed by atoms with Gasteiger partial charge in [0.2, 0.25) is 0 Å². The maximum Gasteiger partial charge on any atom is 0.305 e. The predicted molar refractivity (Wildman–Crippen MR) is 89.8 cm³/mol. The SMILES string of the molecule is COC(=O)CCc1ccc(C[C@@H](C)c2ccccc2)c(N)c1. The molecular formula is C19H23NO2. The lowest BCUT2D eigenvalue weighted by Crippen LogP contribution is -2.04. The topological polar surface area (TPSA) is 52.3 Å². The lowest BCUT2D eigenvalue weighted by molar-refractivity contribution is -0.140. The van der Waals surface area contributed by atoms with Crippen molar-refractivity contribution in [2.75, 3.05) is 12.8 Å². The molecule has 0 aliphatic rings. The van der Waals surface area contributed by atoms with E-state index in [4.69, 9.17) is 5.73 Å². The number of aryl methyl sites for hydroxylation is 1. The summed E-state index contributed by atoms with van der Waals surface area (Å²) in [5, 5.41) is 0. The molecule has 0 saturated carbocycles. The molecule has 0 spiro atoms. The Balaban J connectivity index is 2.02. The van der Waals surface area contributed by atoms with E-state index in [-0.39, 0.29) is 5.97 Å². The van der Waals surface area contributed by atoms with Crippen LogP contribution in [0.3, 0.4) is 0 Å². The number of esters is 1. The van der Waals surface area contributed by atoms with Crippen LogP contribution in [0.5, 0.6) is 0 Å². The van der Waals surface area contributed by atoms with E-state index in [1.54, 1.807) is 0 Å². The summed E-state index contributed by atoms with van der Waals surface area (Å²) < 4.78 is 4.66. The fraction of sp³-hybridized carbons (Fsp3) is 0.316. The van der Waals surface area contributed by atoms with Gasteiger partial charge in [0.15, 0.2) is 0 Å². The van der Waals surface area contributed by atoms with Gasteiger partial charge in [0.05, 0.1) is 7.11 Å². The summed E-state index contributed by atoms with van der Waals surface area (Å²) in [6.07, 6.45) is 1.95. The third kappa shape index (κ3) is 4.35. The van der Waals surface area contributed by atoms with E-state index in [1.165, 1.54) is 12.7 Å². The van der Waals surface area contributed by atoms with E-state index >= 15 is 0 Å². The number of nitrogens with two attached hydrogens (primary N) is 1. The molecule has 0 fully saturated rings. The third-order valence-electron chi connectivity index (χ3n) is 3.95. The first-order chi connectivity index (χ1) is 10.6. The Morgan fingerprint density at radius 1 is 1.18 bits per heavy atom. The fourth-order valence-electron chi connectivity index (χ4n) is 2.56. The van der Waals surface area contributed by atoms with Crippen LogP contribution in [0.2, 0.25) is 0 Å². The number of methoxy groups -OCH3 is 1. The smallest absolute Gasteiger partial charge is 0.305 e. The van der Waals surface area contributed by atoms with E-state index in [0.29, 0.717) is 18.8 Å². The van der Waals surface area contributed by atoms with Crippen LogP contribution < -0.4 is 5.73 Å². The number of carbonyl (C=O) groups is 1. The van der Waals surface area contributed by atoms with E-state index < -0.39 is 0 Å². The first-order valence-electron chi connectivity index (χ1n) is 7.59. The second-order valence-electron chi connectivity index (χ2n) is 5.63. The van der Waals surface area contributed by atoms with Crippen molar-refractivity contribution in [2.24, 2.45) is 0 Å². The molecule has 0 amide bonds. The second-order valence-corrected chi connectivity index (χ2v) is 5.63. The molecule has 0 aliphatic carbocycles. The first-order valence-corrected chi connectivity index (χ1v) is 7.59. The Labute approximate surface area is 132 Å². The molecule has 0 aliphatic heterocycles. The molecule has 22 heavy (non-hydrogen) atoms. The summed E-state index contributed by atoms with van der Waals surface area (Å²) in [6, 6.07) is 16.5. The highest BCUT2D eigenvalue weighted by Gasteiger charge is 2.09. The Hall–Kier alpha value is -2.29. The fourth-order valence-corrected chi connectivity index (χ4v) is 2.56. The van der Waals surface area contributed by atoms with Gasteiger partial charge in [-0.2, -0.15) is 0 Å². The maximum absolute atomic E-state index is 11.2. The van der Waals surface area contributed by atoms with Gasteiger partial charge >= 0.3 is 5.97 Å². The van der Waals surface area contributed by atoms with Crippen molar-refractivity contribution >= 4 is 11.7 Å². The van der Waals surface area contributed by atoms with Gasteiger partial charge in [0, 0.05) is 12.1 Å². The van der Waals surface area contributed by atoms with Gasteiger partial charge in [0.1, 0.15) is 0 Å². The van der Waals surface area contributed by atoms with E-state index in [2.05, 4.69) is 42.0 Å². The van der Waals surface area contributed by atoms with Gasteiger partial charge in [-0.25, -0.2) is 0 Å². The number of anilines is 1. The molecule has 0 radical (unpaired) electrons. The molecule has 2 aromatic carbocycles. The molecule has 3 heteroatoms. The number of hydrogen-bond acceptors (Lipinski definition) is 3. The van der Waals surface area contributed by atoms with Gasteiger partial charge in [-0.15, -0.1) is 0 Å². The number of nitrogen functional groups attached to an aromatic ring is 1. The summed E-state index contributed by atoms with van der Waals surface area (Å²) in [7, 11) is 1.41. The largest absolute Gasteiger partial charge is 0.469 e. The van der Waals surface area contributed by atoms with Crippen LogP contribution in [0.15, 0.2) is 48.5 Å². The molecule has 1 atom stereocenters. The Kier molecular flexibility index (Phi) is 5.59. The molecule has 3 nitrogen and oxygen atoms in total. The van der Waals surface area contributed by atoms with Crippen LogP contribution in [-0.2, 0) is 22.4 Å². The van der Waals surface area contributed by atoms with Gasteiger partial charge in [0.25, 0.3) is 0 Å². The standard InChI is InChI=1S/C19H23NO2/c1-14(16-6-4-3-5-7-16)12-17-10-8-15(13-18(17)20)9-11-19(21)22-2/h3-8,10,13-14H,9,11-12,20H2,1-2H3/t14-/m1/s1. The van der Waals surface area contributed by atoms with E-state index in [0.717, 1.165) is 23.2 Å². The number of ether oxygens (including phenoxy) is 1. The zero-order chi connectivity index (χ0) is 15.9. The van der Waals surface area contributed by atoms with Crippen molar-refractivity contribution < 1.29 is 9.53 Å². The molecule has 0 unspecified atom stereocenters. The van der Waals surface area contributed by atoms with Crippen LogP contribution in [-0.4, -0.2) is 13.1 Å².